The molecule has 0 aliphatic heterocycles. The number of rotatable bonds is 1. The first kappa shape index (κ1) is 11.0. The van der Waals surface area contributed by atoms with Gasteiger partial charge in [0.25, 0.3) is 0 Å². The fourth-order valence-electron chi connectivity index (χ4n) is 2.46. The lowest BCUT2D eigenvalue weighted by Crippen LogP contribution is -1.87. The van der Waals surface area contributed by atoms with Crippen LogP contribution in [0.3, 0.4) is 0 Å². The van der Waals surface area contributed by atoms with Gasteiger partial charge in [-0.1, -0.05) is 30.3 Å². The Hall–Kier alpha value is -2.88. The second-order valence-electron chi connectivity index (χ2n) is 4.64. The molecule has 96 valence electrons. The SMILES string of the molecule is Oc1[nH]c2ccccc2c1-c1cnc2ccccc2n1. The van der Waals surface area contributed by atoms with E-state index < -0.39 is 0 Å². The van der Waals surface area contributed by atoms with Gasteiger partial charge in [0.2, 0.25) is 0 Å². The minimum atomic E-state index is 0.121. The summed E-state index contributed by atoms with van der Waals surface area (Å²) in [7, 11) is 0. The molecule has 0 atom stereocenters. The normalized spacial score (nSPS) is 11.2. The Morgan fingerprint density at radius 1 is 0.900 bits per heavy atom. The lowest BCUT2D eigenvalue weighted by molar-refractivity contribution is 0.460. The van der Waals surface area contributed by atoms with E-state index in [1.54, 1.807) is 6.20 Å². The van der Waals surface area contributed by atoms with Crippen LogP contribution in [0.15, 0.2) is 54.7 Å². The van der Waals surface area contributed by atoms with Crippen LogP contribution in [0.4, 0.5) is 0 Å². The number of benzene rings is 2. The van der Waals surface area contributed by atoms with E-state index >= 15 is 0 Å². The van der Waals surface area contributed by atoms with Gasteiger partial charge in [-0.3, -0.25) is 4.98 Å². The molecule has 0 saturated carbocycles. The molecule has 0 saturated heterocycles. The number of nitrogens with zero attached hydrogens (tertiary/aromatic N) is 2. The predicted octanol–water partition coefficient (Wildman–Crippen LogP) is 3.48. The molecule has 0 spiro atoms. The van der Waals surface area contributed by atoms with Crippen molar-refractivity contribution in [1.29, 1.82) is 0 Å². The average molecular weight is 261 g/mol. The third-order valence-electron chi connectivity index (χ3n) is 3.39. The van der Waals surface area contributed by atoms with E-state index in [4.69, 9.17) is 0 Å². The number of aromatic nitrogens is 3. The van der Waals surface area contributed by atoms with Gasteiger partial charge in [-0.25, -0.2) is 4.98 Å². The van der Waals surface area contributed by atoms with E-state index in [2.05, 4.69) is 15.0 Å². The van der Waals surface area contributed by atoms with Crippen LogP contribution < -0.4 is 0 Å². The first-order valence-electron chi connectivity index (χ1n) is 6.35. The maximum atomic E-state index is 10.1. The number of fused-ring (bicyclic) bond motifs is 2. The molecule has 0 aliphatic carbocycles. The zero-order valence-corrected chi connectivity index (χ0v) is 10.5. The van der Waals surface area contributed by atoms with Gasteiger partial charge in [0.15, 0.2) is 5.88 Å². The number of H-pyrrole nitrogens is 1. The third kappa shape index (κ3) is 1.55. The molecule has 2 aromatic carbocycles. The van der Waals surface area contributed by atoms with E-state index in [9.17, 15) is 5.11 Å². The first-order chi connectivity index (χ1) is 9.83. The standard InChI is InChI=1S/C16H11N3O/c20-16-15(10-5-1-2-6-11(10)19-16)14-9-17-12-7-3-4-8-13(12)18-14/h1-9,19-20H. The molecule has 0 aliphatic rings. The van der Waals surface area contributed by atoms with Crippen LogP contribution in [0.2, 0.25) is 0 Å². The van der Waals surface area contributed by atoms with Gasteiger partial charge < -0.3 is 10.1 Å². The molecule has 20 heavy (non-hydrogen) atoms. The Kier molecular flexibility index (Phi) is 2.23. The van der Waals surface area contributed by atoms with Crippen LogP contribution in [0.5, 0.6) is 5.88 Å². The number of hydrogen-bond donors (Lipinski definition) is 2. The first-order valence-corrected chi connectivity index (χ1v) is 6.35. The molecule has 0 bridgehead atoms. The summed E-state index contributed by atoms with van der Waals surface area (Å²) in [5.74, 6) is 0.121. The third-order valence-corrected chi connectivity index (χ3v) is 3.39. The Labute approximate surface area is 114 Å². The van der Waals surface area contributed by atoms with Crippen LogP contribution in [-0.2, 0) is 0 Å². The lowest BCUT2D eigenvalue weighted by atomic mass is 10.1. The number of aromatic amines is 1. The second-order valence-corrected chi connectivity index (χ2v) is 4.64. The van der Waals surface area contributed by atoms with Crippen molar-refractivity contribution in [2.45, 2.75) is 0 Å². The summed E-state index contributed by atoms with van der Waals surface area (Å²) in [6.45, 7) is 0. The zero-order chi connectivity index (χ0) is 13.5. The van der Waals surface area contributed by atoms with E-state index in [1.807, 2.05) is 48.5 Å². The Morgan fingerprint density at radius 3 is 2.55 bits per heavy atom. The number of para-hydroxylation sites is 3. The van der Waals surface area contributed by atoms with Gasteiger partial charge in [-0.2, -0.15) is 0 Å². The van der Waals surface area contributed by atoms with Crippen molar-refractivity contribution in [2.24, 2.45) is 0 Å². The Balaban J connectivity index is 2.03. The summed E-state index contributed by atoms with van der Waals surface area (Å²) >= 11 is 0. The molecular formula is C16H11N3O. The smallest absolute Gasteiger partial charge is 0.199 e. The molecule has 0 amide bonds. The van der Waals surface area contributed by atoms with Gasteiger partial charge >= 0.3 is 0 Å². The molecule has 0 fully saturated rings. The summed E-state index contributed by atoms with van der Waals surface area (Å²) in [6.07, 6.45) is 1.69. The fourth-order valence-corrected chi connectivity index (χ4v) is 2.46. The summed E-state index contributed by atoms with van der Waals surface area (Å²) in [5.41, 5.74) is 3.90. The summed E-state index contributed by atoms with van der Waals surface area (Å²) in [4.78, 5) is 11.9. The minimum absolute atomic E-state index is 0.121. The van der Waals surface area contributed by atoms with Gasteiger partial charge in [-0.15, -0.1) is 0 Å². The molecule has 2 N–H and O–H groups in total. The van der Waals surface area contributed by atoms with Gasteiger partial charge in [0.05, 0.1) is 28.5 Å². The molecule has 4 rings (SSSR count). The number of hydrogen-bond acceptors (Lipinski definition) is 3. The molecule has 4 aromatic rings. The van der Waals surface area contributed by atoms with Gasteiger partial charge in [-0.05, 0) is 18.2 Å². The molecular weight excluding hydrogens is 250 g/mol. The maximum absolute atomic E-state index is 10.1. The van der Waals surface area contributed by atoms with Gasteiger partial charge in [0, 0.05) is 10.9 Å². The average Bonchev–Trinajstić information content (AvgIpc) is 2.82. The molecule has 4 heteroatoms. The van der Waals surface area contributed by atoms with Crippen molar-refractivity contribution in [1.82, 2.24) is 15.0 Å². The highest BCUT2D eigenvalue weighted by Crippen LogP contribution is 2.35. The summed E-state index contributed by atoms with van der Waals surface area (Å²) in [5, 5.41) is 11.1. The van der Waals surface area contributed by atoms with E-state index in [1.165, 1.54) is 0 Å². The van der Waals surface area contributed by atoms with E-state index in [0.717, 1.165) is 21.9 Å². The second kappa shape index (κ2) is 4.06. The Bertz CT molecular complexity index is 927. The zero-order valence-electron chi connectivity index (χ0n) is 10.5. The van der Waals surface area contributed by atoms with Crippen molar-refractivity contribution < 1.29 is 5.11 Å². The summed E-state index contributed by atoms with van der Waals surface area (Å²) in [6, 6.07) is 15.4. The fraction of sp³-hybridized carbons (Fsp3) is 0. The highest BCUT2D eigenvalue weighted by molar-refractivity contribution is 5.98. The highest BCUT2D eigenvalue weighted by atomic mass is 16.3. The van der Waals surface area contributed by atoms with Crippen molar-refractivity contribution in [2.75, 3.05) is 0 Å². The topological polar surface area (TPSA) is 61.8 Å². The highest BCUT2D eigenvalue weighted by Gasteiger charge is 2.14. The molecule has 2 aromatic heterocycles. The summed E-state index contributed by atoms with van der Waals surface area (Å²) < 4.78 is 0. The van der Waals surface area contributed by atoms with Crippen molar-refractivity contribution in [3.05, 3.63) is 54.7 Å². The molecule has 0 radical (unpaired) electrons. The molecule has 4 nitrogen and oxygen atoms in total. The van der Waals surface area contributed by atoms with Crippen LogP contribution in [0.25, 0.3) is 33.2 Å². The van der Waals surface area contributed by atoms with Crippen LogP contribution in [-0.4, -0.2) is 20.1 Å². The molecule has 0 unspecified atom stereocenters. The minimum Gasteiger partial charge on any atom is -0.494 e. The monoisotopic (exact) mass is 261 g/mol. The largest absolute Gasteiger partial charge is 0.494 e. The Morgan fingerprint density at radius 2 is 1.65 bits per heavy atom. The van der Waals surface area contributed by atoms with Crippen molar-refractivity contribution >= 4 is 21.9 Å². The quantitative estimate of drug-likeness (QED) is 0.551. The number of aromatic hydroxyl groups is 1. The number of nitrogens with one attached hydrogen (secondary N) is 1. The van der Waals surface area contributed by atoms with Crippen LogP contribution in [0, 0.1) is 0 Å². The van der Waals surface area contributed by atoms with Crippen molar-refractivity contribution in [3.8, 4) is 17.1 Å². The van der Waals surface area contributed by atoms with E-state index in [-0.39, 0.29) is 5.88 Å². The van der Waals surface area contributed by atoms with Gasteiger partial charge in [0.1, 0.15) is 0 Å². The maximum Gasteiger partial charge on any atom is 0.199 e. The lowest BCUT2D eigenvalue weighted by Gasteiger charge is -2.02. The van der Waals surface area contributed by atoms with Crippen LogP contribution >= 0.6 is 0 Å². The predicted molar refractivity (Wildman–Crippen MR) is 78.5 cm³/mol. The van der Waals surface area contributed by atoms with E-state index in [0.29, 0.717) is 11.3 Å². The van der Waals surface area contributed by atoms with Crippen molar-refractivity contribution in [3.63, 3.8) is 0 Å². The molecule has 2 heterocycles. The van der Waals surface area contributed by atoms with Crippen LogP contribution in [0.1, 0.15) is 0 Å².